The molecule has 1 aromatic carbocycles. The van der Waals surface area contributed by atoms with Gasteiger partial charge < -0.3 is 20.0 Å². The summed E-state index contributed by atoms with van der Waals surface area (Å²) in [5.41, 5.74) is 3.95. The Morgan fingerprint density at radius 2 is 1.82 bits per heavy atom. The van der Waals surface area contributed by atoms with Gasteiger partial charge in [0.25, 0.3) is 0 Å². The predicted molar refractivity (Wildman–Crippen MR) is 136 cm³/mol. The summed E-state index contributed by atoms with van der Waals surface area (Å²) in [5.74, 6) is 2.68. The molecule has 0 bridgehead atoms. The summed E-state index contributed by atoms with van der Waals surface area (Å²) >= 11 is 2.12. The number of pyridine rings is 1. The van der Waals surface area contributed by atoms with Gasteiger partial charge in [-0.2, -0.15) is 11.8 Å². The zero-order valence-corrected chi connectivity index (χ0v) is 19.8. The fraction of sp³-hybridized carbons (Fsp3) is 0.480. The van der Waals surface area contributed by atoms with Gasteiger partial charge in [-0.05, 0) is 36.9 Å². The Hall–Kier alpha value is -2.58. The highest BCUT2D eigenvalue weighted by Gasteiger charge is 2.51. The molecule has 8 heteroatoms. The first-order chi connectivity index (χ1) is 16.1. The first-order valence-corrected chi connectivity index (χ1v) is 13.0. The summed E-state index contributed by atoms with van der Waals surface area (Å²) in [7, 11) is 0. The molecule has 7 rings (SSSR count). The lowest BCUT2D eigenvalue weighted by Crippen LogP contribution is -2.72. The molecule has 3 aromatic rings. The Balaban J connectivity index is 1.05. The maximum absolute atomic E-state index is 4.88. The summed E-state index contributed by atoms with van der Waals surface area (Å²) in [5, 5.41) is 4.39. The molecule has 0 atom stereocenters. The van der Waals surface area contributed by atoms with Crippen LogP contribution in [0.5, 0.6) is 0 Å². The lowest BCUT2D eigenvalue weighted by molar-refractivity contribution is -0.0178. The fourth-order valence-electron chi connectivity index (χ4n) is 5.85. The number of para-hydroxylation sites is 1. The number of fused-ring (bicyclic) bond motifs is 1. The fourth-order valence-corrected chi connectivity index (χ4v) is 7.12. The molecule has 4 aliphatic heterocycles. The summed E-state index contributed by atoms with van der Waals surface area (Å²) in [6, 6.07) is 10.6. The van der Waals surface area contributed by atoms with Crippen LogP contribution >= 0.6 is 11.8 Å². The first-order valence-electron chi connectivity index (χ1n) is 12.0. The molecule has 6 heterocycles. The van der Waals surface area contributed by atoms with Crippen LogP contribution in [-0.2, 0) is 0 Å². The van der Waals surface area contributed by atoms with E-state index >= 15 is 0 Å². The molecule has 0 radical (unpaired) electrons. The number of rotatable bonds is 5. The summed E-state index contributed by atoms with van der Waals surface area (Å²) in [6.07, 6.45) is 5.22. The number of benzene rings is 1. The van der Waals surface area contributed by atoms with Crippen LogP contribution < -0.4 is 15.1 Å². The smallest absolute Gasteiger partial charge is 0.228 e. The van der Waals surface area contributed by atoms with Crippen LogP contribution in [0.3, 0.4) is 0 Å². The third-order valence-corrected chi connectivity index (χ3v) is 9.31. The normalized spacial score (nSPS) is 22.6. The van der Waals surface area contributed by atoms with Crippen LogP contribution in [0.2, 0.25) is 0 Å². The number of anilines is 4. The number of likely N-dealkylation sites (tertiary alicyclic amines) is 1. The molecule has 0 unspecified atom stereocenters. The van der Waals surface area contributed by atoms with E-state index in [2.05, 4.69) is 72.9 Å². The second-order valence-corrected chi connectivity index (χ2v) is 11.8. The first kappa shape index (κ1) is 19.9. The standard InChI is InChI=1S/C25H29N7S/c1-2-30-12-24(13-30)14-31(15-24)19-6-7-21(26-11-19)28-23-27-10-18-4-3-5-20(22(18)29-23)32-16-25(17-32)8-9-33-25/h3-7,10-11H,2,8-9,12-17H2,1H3,(H,26,27,28,29). The van der Waals surface area contributed by atoms with Crippen molar-refractivity contribution >= 4 is 45.8 Å². The summed E-state index contributed by atoms with van der Waals surface area (Å²) < 4.78 is 0.506. The second kappa shape index (κ2) is 7.21. The van der Waals surface area contributed by atoms with Gasteiger partial charge in [-0.1, -0.05) is 19.1 Å². The minimum Gasteiger partial charge on any atom is -0.369 e. The number of nitrogens with zero attached hydrogens (tertiary/aromatic N) is 6. The van der Waals surface area contributed by atoms with Gasteiger partial charge in [0.2, 0.25) is 5.95 Å². The zero-order valence-electron chi connectivity index (χ0n) is 19.0. The van der Waals surface area contributed by atoms with E-state index in [-0.39, 0.29) is 0 Å². The van der Waals surface area contributed by atoms with Crippen LogP contribution in [0.4, 0.5) is 23.1 Å². The van der Waals surface area contributed by atoms with Crippen molar-refractivity contribution in [2.24, 2.45) is 5.41 Å². The van der Waals surface area contributed by atoms with Crippen LogP contribution in [-0.4, -0.2) is 76.2 Å². The Labute approximate surface area is 198 Å². The van der Waals surface area contributed by atoms with Gasteiger partial charge in [-0.25, -0.2) is 15.0 Å². The summed E-state index contributed by atoms with van der Waals surface area (Å²) in [4.78, 5) is 21.5. The van der Waals surface area contributed by atoms with Crippen LogP contribution in [0.1, 0.15) is 13.3 Å². The zero-order chi connectivity index (χ0) is 22.0. The molecule has 2 aromatic heterocycles. The van der Waals surface area contributed by atoms with Gasteiger partial charge in [0.05, 0.1) is 27.8 Å². The molecule has 0 aliphatic carbocycles. The summed E-state index contributed by atoms with van der Waals surface area (Å²) in [6.45, 7) is 10.4. The number of aromatic nitrogens is 3. The lowest BCUT2D eigenvalue weighted by Gasteiger charge is -2.61. The largest absolute Gasteiger partial charge is 0.369 e. The number of thioether (sulfide) groups is 1. The highest BCUT2D eigenvalue weighted by molar-refractivity contribution is 8.02. The molecule has 0 saturated carbocycles. The molecule has 7 nitrogen and oxygen atoms in total. The van der Waals surface area contributed by atoms with Crippen molar-refractivity contribution < 1.29 is 0 Å². The molecule has 2 spiro atoms. The molecular weight excluding hydrogens is 430 g/mol. The van der Waals surface area contributed by atoms with Crippen molar-refractivity contribution in [1.29, 1.82) is 0 Å². The predicted octanol–water partition coefficient (Wildman–Crippen LogP) is 3.61. The Morgan fingerprint density at radius 3 is 2.52 bits per heavy atom. The van der Waals surface area contributed by atoms with E-state index in [1.54, 1.807) is 0 Å². The maximum atomic E-state index is 4.88. The van der Waals surface area contributed by atoms with Crippen molar-refractivity contribution in [1.82, 2.24) is 19.9 Å². The van der Waals surface area contributed by atoms with Crippen LogP contribution in [0.25, 0.3) is 10.9 Å². The van der Waals surface area contributed by atoms with Crippen molar-refractivity contribution in [3.8, 4) is 0 Å². The van der Waals surface area contributed by atoms with E-state index < -0.39 is 0 Å². The molecule has 170 valence electrons. The van der Waals surface area contributed by atoms with Gasteiger partial charge in [-0.3, -0.25) is 0 Å². The maximum Gasteiger partial charge on any atom is 0.228 e. The van der Waals surface area contributed by atoms with E-state index in [9.17, 15) is 0 Å². The van der Waals surface area contributed by atoms with Gasteiger partial charge >= 0.3 is 0 Å². The molecule has 33 heavy (non-hydrogen) atoms. The minimum atomic E-state index is 0.506. The molecule has 4 fully saturated rings. The molecule has 4 aliphatic rings. The second-order valence-electron chi connectivity index (χ2n) is 10.2. The molecule has 0 amide bonds. The van der Waals surface area contributed by atoms with Crippen LogP contribution in [0.15, 0.2) is 42.7 Å². The topological polar surface area (TPSA) is 60.4 Å². The van der Waals surface area contributed by atoms with E-state index in [0.29, 0.717) is 16.1 Å². The van der Waals surface area contributed by atoms with E-state index in [4.69, 9.17) is 4.98 Å². The quantitative estimate of drug-likeness (QED) is 0.621. The molecule has 4 saturated heterocycles. The van der Waals surface area contributed by atoms with E-state index in [0.717, 1.165) is 42.9 Å². The Morgan fingerprint density at radius 1 is 0.970 bits per heavy atom. The van der Waals surface area contributed by atoms with Gasteiger partial charge in [0.1, 0.15) is 5.82 Å². The van der Waals surface area contributed by atoms with Crippen LogP contribution in [0, 0.1) is 5.41 Å². The highest BCUT2D eigenvalue weighted by Crippen LogP contribution is 2.49. The third kappa shape index (κ3) is 3.26. The average molecular weight is 460 g/mol. The van der Waals surface area contributed by atoms with Crippen molar-refractivity contribution in [3.05, 3.63) is 42.7 Å². The van der Waals surface area contributed by atoms with Gasteiger partial charge in [-0.15, -0.1) is 0 Å². The van der Waals surface area contributed by atoms with E-state index in [1.807, 2.05) is 18.5 Å². The van der Waals surface area contributed by atoms with E-state index in [1.165, 1.54) is 43.2 Å². The van der Waals surface area contributed by atoms with Gasteiger partial charge in [0.15, 0.2) is 0 Å². The monoisotopic (exact) mass is 459 g/mol. The number of nitrogens with one attached hydrogen (secondary N) is 1. The molecule has 1 N–H and O–H groups in total. The minimum absolute atomic E-state index is 0.506. The van der Waals surface area contributed by atoms with Gasteiger partial charge in [0, 0.05) is 56.3 Å². The van der Waals surface area contributed by atoms with Crippen molar-refractivity contribution in [3.63, 3.8) is 0 Å². The lowest BCUT2D eigenvalue weighted by atomic mass is 9.72. The number of hydrogen-bond acceptors (Lipinski definition) is 8. The highest BCUT2D eigenvalue weighted by atomic mass is 32.2. The average Bonchev–Trinajstić information content (AvgIpc) is 2.71. The molecular formula is C25H29N7S. The number of hydrogen-bond donors (Lipinski definition) is 1. The third-order valence-electron chi connectivity index (χ3n) is 7.82. The van der Waals surface area contributed by atoms with Crippen molar-refractivity contribution in [2.75, 3.05) is 66.7 Å². The Kier molecular flexibility index (Phi) is 4.34. The Bertz CT molecular complexity index is 1190. The van der Waals surface area contributed by atoms with Crippen molar-refractivity contribution in [2.45, 2.75) is 18.1 Å². The SMILES string of the molecule is CCN1CC2(C1)CN(c1ccc(Nc3ncc4cccc(N5CC6(CCS6)C5)c4n3)nc1)C2.